The van der Waals surface area contributed by atoms with Crippen molar-refractivity contribution in [3.63, 3.8) is 0 Å². The van der Waals surface area contributed by atoms with E-state index in [-0.39, 0.29) is 0 Å². The van der Waals surface area contributed by atoms with E-state index in [4.69, 9.17) is 0 Å². The molecular weight excluding hydrogens is 164 g/mol. The lowest BCUT2D eigenvalue weighted by molar-refractivity contribution is 0.621. The summed E-state index contributed by atoms with van der Waals surface area (Å²) in [7, 11) is -0.776. The van der Waals surface area contributed by atoms with Gasteiger partial charge in [-0.05, 0) is 32.3 Å². The van der Waals surface area contributed by atoms with E-state index in [0.29, 0.717) is 6.57 Å². The van der Waals surface area contributed by atoms with E-state index in [9.17, 15) is 0 Å². The molecule has 0 unspecified atom stereocenters. The molecule has 1 rings (SSSR count). The zero-order valence-corrected chi connectivity index (χ0v) is 9.38. The fourth-order valence-electron chi connectivity index (χ4n) is 1.52. The molecule has 0 aromatic rings. The van der Waals surface area contributed by atoms with E-state index in [1.165, 1.54) is 0 Å². The fraction of sp³-hybridized carbons (Fsp3) is 0.556. The molecule has 0 aromatic heterocycles. The normalized spacial score (nSPS) is 17.3. The van der Waals surface area contributed by atoms with Gasteiger partial charge in [0.1, 0.15) is 0 Å². The zero-order valence-electron chi connectivity index (χ0n) is 8.49. The number of allylic oxidation sites excluding steroid dienone is 2. The first-order chi connectivity index (χ1) is 5.55. The summed E-state index contributed by atoms with van der Waals surface area (Å²) < 4.78 is 0. The molecule has 0 radical (unpaired) electrons. The zero-order chi connectivity index (χ0) is 9.19. The molecule has 0 aliphatic carbocycles. The Kier molecular flexibility index (Phi) is 3.01. The highest BCUT2D eigenvalue weighted by Gasteiger charge is 2.40. The van der Waals surface area contributed by atoms with Crippen molar-refractivity contribution in [3.8, 4) is 0 Å². The Balaban J connectivity index is 2.76. The van der Waals surface area contributed by atoms with Gasteiger partial charge in [-0.25, -0.2) is 0 Å². The minimum atomic E-state index is -0.776. The Morgan fingerprint density at radius 2 is 1.92 bits per heavy atom. The molecule has 0 atom stereocenters. The molecule has 0 spiro atoms. The largest absolute Gasteiger partial charge is 0.483 e. The van der Waals surface area contributed by atoms with Crippen molar-refractivity contribution in [3.05, 3.63) is 24.3 Å². The molecule has 0 aromatic carbocycles. The van der Waals surface area contributed by atoms with Gasteiger partial charge >= 0.3 is 6.57 Å². The maximum atomic E-state index is 2.42. The fourth-order valence-corrected chi connectivity index (χ4v) is 3.26. The molecule has 0 bridgehead atoms. The van der Waals surface area contributed by atoms with Crippen LogP contribution in [0, 0.1) is 0 Å². The van der Waals surface area contributed by atoms with E-state index in [0.717, 1.165) is 6.54 Å². The van der Waals surface area contributed by atoms with Crippen molar-refractivity contribution in [1.29, 1.82) is 0 Å². The third-order valence-corrected chi connectivity index (χ3v) is 4.23. The predicted octanol–water partition coefficient (Wildman–Crippen LogP) is 2.33. The first kappa shape index (κ1) is 9.86. The van der Waals surface area contributed by atoms with Crippen LogP contribution >= 0.6 is 7.14 Å². The Hall–Kier alpha value is -0.225. The molecule has 0 fully saturated rings. The van der Waals surface area contributed by atoms with E-state index < -0.39 is 7.14 Å². The lowest BCUT2D eigenvalue weighted by atomic mass is 9.86. The second kappa shape index (κ2) is 3.66. The number of nitrogens with zero attached hydrogens (tertiary/aromatic N) is 1. The van der Waals surface area contributed by atoms with Gasteiger partial charge in [0.15, 0.2) is 0 Å². The summed E-state index contributed by atoms with van der Waals surface area (Å²) in [5, 5.41) is 0. The van der Waals surface area contributed by atoms with Gasteiger partial charge in [0.2, 0.25) is 0 Å². The van der Waals surface area contributed by atoms with E-state index in [2.05, 4.69) is 56.1 Å². The molecule has 1 aliphatic rings. The Morgan fingerprint density at radius 3 is 2.33 bits per heavy atom. The Labute approximate surface area is 76.9 Å². The van der Waals surface area contributed by atoms with Crippen LogP contribution in [0.15, 0.2) is 24.3 Å². The van der Waals surface area contributed by atoms with Gasteiger partial charge in [0.05, 0.1) is 0 Å². The van der Waals surface area contributed by atoms with Gasteiger partial charge in [-0.15, -0.1) is 0 Å². The second-order valence-corrected chi connectivity index (χ2v) is 8.85. The monoisotopic (exact) mass is 182 g/mol. The standard InChI is InChI=1S/C9H18BNP/c1-5-11-9-7-6-8-10(11)12(2,3)4/h6-9H,5H2,1-4H3/q+1. The molecule has 0 amide bonds. The summed E-state index contributed by atoms with van der Waals surface area (Å²) in [5.74, 6) is 2.33. The van der Waals surface area contributed by atoms with Gasteiger partial charge in [-0.2, -0.15) is 0 Å². The van der Waals surface area contributed by atoms with Crippen molar-refractivity contribution in [2.75, 3.05) is 26.5 Å². The van der Waals surface area contributed by atoms with Crippen LogP contribution < -0.4 is 0 Å². The summed E-state index contributed by atoms with van der Waals surface area (Å²) in [6.07, 6.45) is 6.49. The number of hydrogen-bond acceptors (Lipinski definition) is 1. The first-order valence-corrected chi connectivity index (χ1v) is 7.67. The van der Waals surface area contributed by atoms with Gasteiger partial charge in [0.25, 0.3) is 0 Å². The number of hydrogen-bond donors (Lipinski definition) is 0. The van der Waals surface area contributed by atoms with Crippen molar-refractivity contribution >= 4 is 13.7 Å². The molecule has 1 aliphatic heterocycles. The molecule has 1 heterocycles. The van der Waals surface area contributed by atoms with Crippen LogP contribution in [-0.4, -0.2) is 37.9 Å². The van der Waals surface area contributed by atoms with Crippen LogP contribution in [0.5, 0.6) is 0 Å². The molecule has 3 heteroatoms. The topological polar surface area (TPSA) is 3.24 Å². The smallest absolute Gasteiger partial charge is 0.381 e. The van der Waals surface area contributed by atoms with Crippen LogP contribution in [0.4, 0.5) is 0 Å². The first-order valence-electron chi connectivity index (χ1n) is 4.47. The minimum absolute atomic E-state index is 0.660. The van der Waals surface area contributed by atoms with Gasteiger partial charge in [-0.3, -0.25) is 0 Å². The Bertz CT molecular complexity index is 205. The quantitative estimate of drug-likeness (QED) is 0.467. The second-order valence-electron chi connectivity index (χ2n) is 4.09. The lowest BCUT2D eigenvalue weighted by Crippen LogP contribution is -2.36. The highest BCUT2D eigenvalue weighted by atomic mass is 31.2. The molecule has 0 saturated heterocycles. The molecule has 1 nitrogen and oxygen atoms in total. The van der Waals surface area contributed by atoms with E-state index in [1.54, 1.807) is 0 Å². The van der Waals surface area contributed by atoms with Crippen molar-refractivity contribution in [2.45, 2.75) is 6.92 Å². The average Bonchev–Trinajstić information content (AvgIpc) is 2.03. The van der Waals surface area contributed by atoms with E-state index in [1.807, 2.05) is 0 Å². The van der Waals surface area contributed by atoms with Gasteiger partial charge in [0, 0.05) is 26.5 Å². The summed E-state index contributed by atoms with van der Waals surface area (Å²) in [6, 6.07) is 0. The van der Waals surface area contributed by atoms with E-state index >= 15 is 0 Å². The lowest BCUT2D eigenvalue weighted by Gasteiger charge is -2.29. The third-order valence-electron chi connectivity index (χ3n) is 2.17. The van der Waals surface area contributed by atoms with Crippen LogP contribution in [-0.2, 0) is 0 Å². The maximum absolute atomic E-state index is 2.42. The van der Waals surface area contributed by atoms with Crippen LogP contribution in [0.3, 0.4) is 0 Å². The summed E-state index contributed by atoms with van der Waals surface area (Å²) in [5.41, 5.74) is 0. The predicted molar refractivity (Wildman–Crippen MR) is 61.1 cm³/mol. The highest BCUT2D eigenvalue weighted by molar-refractivity contribution is 8.03. The third kappa shape index (κ3) is 2.14. The van der Waals surface area contributed by atoms with Crippen LogP contribution in [0.1, 0.15) is 6.92 Å². The maximum Gasteiger partial charge on any atom is 0.483 e. The van der Waals surface area contributed by atoms with Crippen molar-refractivity contribution < 1.29 is 0 Å². The molecule has 0 saturated carbocycles. The SMILES string of the molecule is CCN1C=CC=CB1[P+](C)(C)C. The summed E-state index contributed by atoms with van der Waals surface area (Å²) >= 11 is 0. The molecular formula is C9H18BNP+. The van der Waals surface area contributed by atoms with Gasteiger partial charge < -0.3 is 4.81 Å². The number of rotatable bonds is 2. The van der Waals surface area contributed by atoms with Crippen LogP contribution in [0.2, 0.25) is 0 Å². The van der Waals surface area contributed by atoms with Gasteiger partial charge in [-0.1, -0.05) is 6.08 Å². The average molecular weight is 182 g/mol. The molecule has 0 N–H and O–H groups in total. The van der Waals surface area contributed by atoms with Crippen molar-refractivity contribution in [1.82, 2.24) is 4.81 Å². The molecule has 66 valence electrons. The highest BCUT2D eigenvalue weighted by Crippen LogP contribution is 2.51. The van der Waals surface area contributed by atoms with Crippen molar-refractivity contribution in [2.24, 2.45) is 0 Å². The summed E-state index contributed by atoms with van der Waals surface area (Å²) in [4.78, 5) is 2.42. The Morgan fingerprint density at radius 1 is 1.25 bits per heavy atom. The van der Waals surface area contributed by atoms with Crippen LogP contribution in [0.25, 0.3) is 0 Å². The summed E-state index contributed by atoms with van der Waals surface area (Å²) in [6.45, 7) is 11.2. The molecule has 12 heavy (non-hydrogen) atoms. The minimum Gasteiger partial charge on any atom is -0.381 e.